The molecular weight excluding hydrogens is 356 g/mol. The van der Waals surface area contributed by atoms with Crippen LogP contribution >= 0.6 is 15.9 Å². The van der Waals surface area contributed by atoms with Crippen molar-refractivity contribution < 1.29 is 4.74 Å². The van der Waals surface area contributed by atoms with Crippen LogP contribution in [0.25, 0.3) is 0 Å². The first kappa shape index (κ1) is 16.4. The molecule has 122 valence electrons. The van der Waals surface area contributed by atoms with E-state index in [1.807, 2.05) is 24.5 Å². The minimum absolute atomic E-state index is 0.684. The molecule has 0 unspecified atom stereocenters. The van der Waals surface area contributed by atoms with Crippen LogP contribution in [0, 0.1) is 0 Å². The van der Waals surface area contributed by atoms with E-state index in [-0.39, 0.29) is 0 Å². The average molecular weight is 377 g/mol. The van der Waals surface area contributed by atoms with Crippen molar-refractivity contribution in [3.63, 3.8) is 0 Å². The summed E-state index contributed by atoms with van der Waals surface area (Å²) in [6, 6.07) is 8.08. The van der Waals surface area contributed by atoms with Gasteiger partial charge in [-0.25, -0.2) is 4.98 Å². The van der Waals surface area contributed by atoms with Gasteiger partial charge in [0.15, 0.2) is 0 Å². The molecule has 0 aliphatic carbocycles. The molecule has 1 aliphatic rings. The zero-order valence-corrected chi connectivity index (χ0v) is 14.9. The van der Waals surface area contributed by atoms with Gasteiger partial charge in [0.1, 0.15) is 0 Å². The van der Waals surface area contributed by atoms with Gasteiger partial charge in [-0.15, -0.1) is 0 Å². The van der Waals surface area contributed by atoms with Crippen LogP contribution in [-0.4, -0.2) is 53.1 Å². The van der Waals surface area contributed by atoms with Crippen molar-refractivity contribution in [1.29, 1.82) is 0 Å². The second-order valence-electron chi connectivity index (χ2n) is 5.73. The number of rotatable bonds is 5. The van der Waals surface area contributed by atoms with Gasteiger partial charge in [0.2, 0.25) is 5.88 Å². The lowest BCUT2D eigenvalue weighted by molar-refractivity contribution is 0.120. The summed E-state index contributed by atoms with van der Waals surface area (Å²) in [6.45, 7) is 6.08. The number of pyridine rings is 2. The second-order valence-corrected chi connectivity index (χ2v) is 6.65. The Labute approximate surface area is 145 Å². The third-order valence-corrected chi connectivity index (χ3v) is 4.44. The fourth-order valence-corrected chi connectivity index (χ4v) is 3.21. The average Bonchev–Trinajstić information content (AvgIpc) is 2.57. The van der Waals surface area contributed by atoms with Gasteiger partial charge in [-0.2, -0.15) is 0 Å². The maximum atomic E-state index is 5.19. The summed E-state index contributed by atoms with van der Waals surface area (Å²) < 4.78 is 6.23. The first-order valence-corrected chi connectivity index (χ1v) is 8.56. The van der Waals surface area contributed by atoms with Crippen LogP contribution in [0.4, 0.5) is 0 Å². The van der Waals surface area contributed by atoms with Crippen molar-refractivity contribution in [3.05, 3.63) is 52.4 Å². The lowest BCUT2D eigenvalue weighted by atomic mass is 10.2. The predicted octanol–water partition coefficient (Wildman–Crippen LogP) is 2.57. The fourth-order valence-electron chi connectivity index (χ4n) is 2.79. The molecule has 5 nitrogen and oxygen atoms in total. The highest BCUT2D eigenvalue weighted by Crippen LogP contribution is 2.14. The van der Waals surface area contributed by atoms with E-state index < -0.39 is 0 Å². The van der Waals surface area contributed by atoms with E-state index in [2.05, 4.69) is 47.8 Å². The van der Waals surface area contributed by atoms with E-state index in [9.17, 15) is 0 Å². The molecular formula is C17H21BrN4O. The zero-order valence-electron chi connectivity index (χ0n) is 13.3. The zero-order chi connectivity index (χ0) is 16.1. The number of nitrogens with zero attached hydrogens (tertiary/aromatic N) is 4. The Balaban J connectivity index is 1.50. The van der Waals surface area contributed by atoms with Crippen molar-refractivity contribution in [1.82, 2.24) is 19.8 Å². The van der Waals surface area contributed by atoms with E-state index in [1.54, 1.807) is 7.11 Å². The van der Waals surface area contributed by atoms with Gasteiger partial charge >= 0.3 is 0 Å². The summed E-state index contributed by atoms with van der Waals surface area (Å²) in [4.78, 5) is 13.6. The van der Waals surface area contributed by atoms with E-state index >= 15 is 0 Å². The predicted molar refractivity (Wildman–Crippen MR) is 93.3 cm³/mol. The minimum Gasteiger partial charge on any atom is -0.481 e. The number of halogens is 1. The van der Waals surface area contributed by atoms with Gasteiger partial charge in [0.05, 0.1) is 12.8 Å². The van der Waals surface area contributed by atoms with Crippen LogP contribution in [0.15, 0.2) is 41.1 Å². The van der Waals surface area contributed by atoms with Crippen molar-refractivity contribution in [2.75, 3.05) is 33.3 Å². The Morgan fingerprint density at radius 1 is 1.09 bits per heavy atom. The Bertz CT molecular complexity index is 644. The standard InChI is InChI=1S/C17H21BrN4O/c1-23-17-4-2-3-16(20-17)13-22-7-5-21(6-8-22)12-14-9-15(18)11-19-10-14/h2-4,9-11H,5-8,12-13H2,1H3. The molecule has 0 atom stereocenters. The van der Waals surface area contributed by atoms with Gasteiger partial charge in [0.25, 0.3) is 0 Å². The maximum absolute atomic E-state index is 5.19. The van der Waals surface area contributed by atoms with E-state index in [4.69, 9.17) is 4.74 Å². The first-order chi connectivity index (χ1) is 11.2. The summed E-state index contributed by atoms with van der Waals surface area (Å²) >= 11 is 3.48. The lowest BCUT2D eigenvalue weighted by Gasteiger charge is -2.34. The van der Waals surface area contributed by atoms with Gasteiger partial charge < -0.3 is 4.74 Å². The van der Waals surface area contributed by atoms with Crippen LogP contribution in [0.2, 0.25) is 0 Å². The van der Waals surface area contributed by atoms with E-state index in [1.165, 1.54) is 5.56 Å². The maximum Gasteiger partial charge on any atom is 0.213 e. The Hall–Kier alpha value is -1.50. The molecule has 1 aliphatic heterocycles. The summed E-state index contributed by atoms with van der Waals surface area (Å²) in [7, 11) is 1.65. The number of methoxy groups -OCH3 is 1. The van der Waals surface area contributed by atoms with Crippen molar-refractivity contribution >= 4 is 15.9 Å². The molecule has 2 aromatic heterocycles. The molecule has 0 amide bonds. The monoisotopic (exact) mass is 376 g/mol. The van der Waals surface area contributed by atoms with Crippen molar-refractivity contribution in [2.45, 2.75) is 13.1 Å². The van der Waals surface area contributed by atoms with Crippen LogP contribution < -0.4 is 4.74 Å². The van der Waals surface area contributed by atoms with Crippen molar-refractivity contribution in [3.8, 4) is 5.88 Å². The molecule has 0 radical (unpaired) electrons. The number of hydrogen-bond acceptors (Lipinski definition) is 5. The first-order valence-electron chi connectivity index (χ1n) is 7.77. The number of ether oxygens (including phenoxy) is 1. The third-order valence-electron chi connectivity index (χ3n) is 4.01. The normalized spacial score (nSPS) is 16.4. The lowest BCUT2D eigenvalue weighted by Crippen LogP contribution is -2.45. The highest BCUT2D eigenvalue weighted by molar-refractivity contribution is 9.10. The van der Waals surface area contributed by atoms with Gasteiger partial charge in [-0.3, -0.25) is 14.8 Å². The van der Waals surface area contributed by atoms with Gasteiger partial charge in [-0.05, 0) is 33.6 Å². The fraction of sp³-hybridized carbons (Fsp3) is 0.412. The molecule has 0 aromatic carbocycles. The Morgan fingerprint density at radius 3 is 2.52 bits per heavy atom. The van der Waals surface area contributed by atoms with Crippen molar-refractivity contribution in [2.24, 2.45) is 0 Å². The largest absolute Gasteiger partial charge is 0.481 e. The Kier molecular flexibility index (Phi) is 5.59. The topological polar surface area (TPSA) is 41.5 Å². The van der Waals surface area contributed by atoms with Gasteiger partial charge in [0, 0.05) is 62.2 Å². The van der Waals surface area contributed by atoms with Gasteiger partial charge in [-0.1, -0.05) is 6.07 Å². The molecule has 6 heteroatoms. The number of hydrogen-bond donors (Lipinski definition) is 0. The highest BCUT2D eigenvalue weighted by Gasteiger charge is 2.17. The molecule has 0 spiro atoms. The molecule has 0 N–H and O–H groups in total. The number of piperazine rings is 1. The Morgan fingerprint density at radius 2 is 1.83 bits per heavy atom. The number of aromatic nitrogens is 2. The molecule has 1 fully saturated rings. The molecule has 3 rings (SSSR count). The molecule has 0 saturated carbocycles. The van der Waals surface area contributed by atoms with E-state index in [0.717, 1.165) is 49.4 Å². The minimum atomic E-state index is 0.684. The summed E-state index contributed by atoms with van der Waals surface area (Å²) in [5.74, 6) is 0.684. The van der Waals surface area contributed by atoms with E-state index in [0.29, 0.717) is 5.88 Å². The third kappa shape index (κ3) is 4.73. The quantitative estimate of drug-likeness (QED) is 0.801. The summed E-state index contributed by atoms with van der Waals surface area (Å²) in [6.07, 6.45) is 3.76. The van der Waals surface area contributed by atoms with Crippen LogP contribution in [0.5, 0.6) is 5.88 Å². The second kappa shape index (κ2) is 7.86. The SMILES string of the molecule is COc1cccc(CN2CCN(Cc3cncc(Br)c3)CC2)n1. The molecule has 0 bridgehead atoms. The summed E-state index contributed by atoms with van der Waals surface area (Å²) in [5, 5.41) is 0. The molecule has 23 heavy (non-hydrogen) atoms. The van der Waals surface area contributed by atoms with Crippen LogP contribution in [0.1, 0.15) is 11.3 Å². The smallest absolute Gasteiger partial charge is 0.213 e. The highest BCUT2D eigenvalue weighted by atomic mass is 79.9. The summed E-state index contributed by atoms with van der Waals surface area (Å²) in [5.41, 5.74) is 2.32. The molecule has 2 aromatic rings. The van der Waals surface area contributed by atoms with Crippen LogP contribution in [-0.2, 0) is 13.1 Å². The van der Waals surface area contributed by atoms with Crippen LogP contribution in [0.3, 0.4) is 0 Å². The molecule has 1 saturated heterocycles. The molecule has 3 heterocycles.